The molecule has 0 spiro atoms. The SMILES string of the molecule is O=C(Nc1cccc(N2CCn3c(nc4ccccc43)C2)c1)c1ccc(F)cc1. The minimum absolute atomic E-state index is 0.261. The second-order valence-corrected chi connectivity index (χ2v) is 7.10. The van der Waals surface area contributed by atoms with Crippen molar-refractivity contribution in [1.82, 2.24) is 9.55 Å². The number of halogens is 1. The number of para-hydroxylation sites is 2. The monoisotopic (exact) mass is 386 g/mol. The van der Waals surface area contributed by atoms with E-state index in [4.69, 9.17) is 4.98 Å². The number of hydrogen-bond donors (Lipinski definition) is 1. The molecule has 144 valence electrons. The van der Waals surface area contributed by atoms with Gasteiger partial charge in [0.15, 0.2) is 0 Å². The predicted molar refractivity (Wildman–Crippen MR) is 112 cm³/mol. The molecule has 2 heterocycles. The van der Waals surface area contributed by atoms with Gasteiger partial charge in [-0.2, -0.15) is 0 Å². The van der Waals surface area contributed by atoms with Gasteiger partial charge in [0.1, 0.15) is 11.6 Å². The number of hydrogen-bond acceptors (Lipinski definition) is 3. The van der Waals surface area contributed by atoms with E-state index in [2.05, 4.69) is 20.9 Å². The molecule has 0 atom stereocenters. The number of nitrogens with zero attached hydrogens (tertiary/aromatic N) is 3. The topological polar surface area (TPSA) is 50.2 Å². The van der Waals surface area contributed by atoms with Crippen LogP contribution in [0.25, 0.3) is 11.0 Å². The highest BCUT2D eigenvalue weighted by Crippen LogP contribution is 2.26. The third kappa shape index (κ3) is 3.33. The maximum atomic E-state index is 13.1. The highest BCUT2D eigenvalue weighted by atomic mass is 19.1. The lowest BCUT2D eigenvalue weighted by molar-refractivity contribution is 0.102. The molecular weight excluding hydrogens is 367 g/mol. The largest absolute Gasteiger partial charge is 0.362 e. The van der Waals surface area contributed by atoms with Crippen LogP contribution in [0.3, 0.4) is 0 Å². The highest BCUT2D eigenvalue weighted by Gasteiger charge is 2.20. The van der Waals surface area contributed by atoms with Gasteiger partial charge in [0.25, 0.3) is 5.91 Å². The molecule has 5 rings (SSSR count). The Labute approximate surface area is 167 Å². The molecule has 1 aromatic heterocycles. The van der Waals surface area contributed by atoms with Gasteiger partial charge < -0.3 is 14.8 Å². The van der Waals surface area contributed by atoms with E-state index in [0.717, 1.165) is 30.1 Å². The fourth-order valence-electron chi connectivity index (χ4n) is 3.77. The number of imidazole rings is 1. The molecule has 6 heteroatoms. The van der Waals surface area contributed by atoms with Crippen LogP contribution >= 0.6 is 0 Å². The molecule has 0 saturated carbocycles. The van der Waals surface area contributed by atoms with Crippen molar-refractivity contribution in [2.75, 3.05) is 16.8 Å². The summed E-state index contributed by atoms with van der Waals surface area (Å²) in [5.74, 6) is 0.417. The quantitative estimate of drug-likeness (QED) is 0.566. The zero-order valence-corrected chi connectivity index (χ0v) is 15.7. The van der Waals surface area contributed by atoms with Crippen LogP contribution in [-0.4, -0.2) is 22.0 Å². The van der Waals surface area contributed by atoms with Crippen molar-refractivity contribution in [3.63, 3.8) is 0 Å². The summed E-state index contributed by atoms with van der Waals surface area (Å²) < 4.78 is 15.3. The maximum Gasteiger partial charge on any atom is 0.255 e. The molecular formula is C23H19FN4O. The lowest BCUT2D eigenvalue weighted by Crippen LogP contribution is -2.33. The molecule has 29 heavy (non-hydrogen) atoms. The summed E-state index contributed by atoms with van der Waals surface area (Å²) >= 11 is 0. The fourth-order valence-corrected chi connectivity index (χ4v) is 3.77. The van der Waals surface area contributed by atoms with Crippen molar-refractivity contribution in [2.24, 2.45) is 0 Å². The van der Waals surface area contributed by atoms with Gasteiger partial charge in [-0.05, 0) is 54.6 Å². The zero-order chi connectivity index (χ0) is 19.8. The molecule has 1 aliphatic heterocycles. The molecule has 1 amide bonds. The first-order chi connectivity index (χ1) is 14.2. The molecule has 1 aliphatic rings. The van der Waals surface area contributed by atoms with Crippen LogP contribution in [0.5, 0.6) is 0 Å². The van der Waals surface area contributed by atoms with E-state index in [1.165, 1.54) is 29.8 Å². The summed E-state index contributed by atoms with van der Waals surface area (Å²) in [7, 11) is 0. The average Bonchev–Trinajstić information content (AvgIpc) is 3.12. The van der Waals surface area contributed by atoms with Crippen molar-refractivity contribution in [3.05, 3.63) is 90.0 Å². The molecule has 0 radical (unpaired) electrons. The van der Waals surface area contributed by atoms with E-state index in [1.54, 1.807) is 0 Å². The number of aromatic nitrogens is 2. The van der Waals surface area contributed by atoms with Gasteiger partial charge in [-0.25, -0.2) is 9.37 Å². The van der Waals surface area contributed by atoms with Crippen LogP contribution in [0.4, 0.5) is 15.8 Å². The number of anilines is 2. The van der Waals surface area contributed by atoms with Gasteiger partial charge in [-0.1, -0.05) is 18.2 Å². The van der Waals surface area contributed by atoms with E-state index in [1.807, 2.05) is 42.5 Å². The van der Waals surface area contributed by atoms with Gasteiger partial charge >= 0.3 is 0 Å². The first-order valence-electron chi connectivity index (χ1n) is 9.53. The molecule has 3 aromatic carbocycles. The van der Waals surface area contributed by atoms with Crippen molar-refractivity contribution in [3.8, 4) is 0 Å². The number of rotatable bonds is 3. The first kappa shape index (κ1) is 17.4. The standard InChI is InChI=1S/C23H19FN4O/c24-17-10-8-16(9-11-17)23(29)25-18-4-3-5-19(14-18)27-12-13-28-21-7-2-1-6-20(21)26-22(28)15-27/h1-11,14H,12-13,15H2,(H,25,29). The van der Waals surface area contributed by atoms with E-state index >= 15 is 0 Å². The van der Waals surface area contributed by atoms with Gasteiger partial charge in [0.05, 0.1) is 17.6 Å². The lowest BCUT2D eigenvalue weighted by Gasteiger charge is -2.30. The summed E-state index contributed by atoms with van der Waals surface area (Å²) in [6.07, 6.45) is 0. The average molecular weight is 386 g/mol. The Hall–Kier alpha value is -3.67. The van der Waals surface area contributed by atoms with E-state index in [0.29, 0.717) is 17.8 Å². The van der Waals surface area contributed by atoms with Crippen LogP contribution in [0.2, 0.25) is 0 Å². The molecule has 0 bridgehead atoms. The van der Waals surface area contributed by atoms with Crippen molar-refractivity contribution in [2.45, 2.75) is 13.1 Å². The van der Waals surface area contributed by atoms with Crippen LogP contribution in [-0.2, 0) is 13.1 Å². The Kier molecular flexibility index (Phi) is 4.24. The van der Waals surface area contributed by atoms with Crippen LogP contribution in [0.1, 0.15) is 16.2 Å². The number of nitrogens with one attached hydrogen (secondary N) is 1. The van der Waals surface area contributed by atoms with E-state index < -0.39 is 0 Å². The van der Waals surface area contributed by atoms with Crippen molar-refractivity contribution >= 4 is 28.3 Å². The molecule has 0 fully saturated rings. The van der Waals surface area contributed by atoms with Crippen LogP contribution < -0.4 is 10.2 Å². The van der Waals surface area contributed by atoms with Crippen LogP contribution in [0, 0.1) is 5.82 Å². The predicted octanol–water partition coefficient (Wildman–Crippen LogP) is 4.45. The van der Waals surface area contributed by atoms with Gasteiger partial charge in [0, 0.05) is 30.0 Å². The highest BCUT2D eigenvalue weighted by molar-refractivity contribution is 6.04. The fraction of sp³-hybridized carbons (Fsp3) is 0.130. The van der Waals surface area contributed by atoms with Gasteiger partial charge in [-0.15, -0.1) is 0 Å². The Morgan fingerprint density at radius 1 is 0.966 bits per heavy atom. The number of carbonyl (C=O) groups excluding carboxylic acids is 1. The molecule has 4 aromatic rings. The minimum atomic E-state index is -0.361. The Morgan fingerprint density at radius 3 is 2.66 bits per heavy atom. The van der Waals surface area contributed by atoms with Gasteiger partial charge in [-0.3, -0.25) is 4.79 Å². The molecule has 1 N–H and O–H groups in total. The lowest BCUT2D eigenvalue weighted by atomic mass is 10.2. The Morgan fingerprint density at radius 2 is 1.79 bits per heavy atom. The van der Waals surface area contributed by atoms with E-state index in [-0.39, 0.29) is 11.7 Å². The number of fused-ring (bicyclic) bond motifs is 3. The summed E-state index contributed by atoms with van der Waals surface area (Å²) in [5.41, 5.74) is 4.34. The minimum Gasteiger partial charge on any atom is -0.362 e. The number of benzene rings is 3. The van der Waals surface area contributed by atoms with Gasteiger partial charge in [0.2, 0.25) is 0 Å². The maximum absolute atomic E-state index is 13.1. The first-order valence-corrected chi connectivity index (χ1v) is 9.53. The third-order valence-corrected chi connectivity index (χ3v) is 5.23. The summed E-state index contributed by atoms with van der Waals surface area (Å²) in [4.78, 5) is 19.4. The van der Waals surface area contributed by atoms with Crippen molar-refractivity contribution in [1.29, 1.82) is 0 Å². The second kappa shape index (κ2) is 7.05. The van der Waals surface area contributed by atoms with Crippen LogP contribution in [0.15, 0.2) is 72.8 Å². The molecule has 0 aliphatic carbocycles. The number of carbonyl (C=O) groups is 1. The summed E-state index contributed by atoms with van der Waals surface area (Å²) in [6, 6.07) is 21.5. The molecule has 5 nitrogen and oxygen atoms in total. The number of amides is 1. The third-order valence-electron chi connectivity index (χ3n) is 5.23. The summed E-state index contributed by atoms with van der Waals surface area (Å²) in [6.45, 7) is 2.44. The normalized spacial score (nSPS) is 13.3. The second-order valence-electron chi connectivity index (χ2n) is 7.10. The smallest absolute Gasteiger partial charge is 0.255 e. The van der Waals surface area contributed by atoms with Crippen molar-refractivity contribution < 1.29 is 9.18 Å². The zero-order valence-electron chi connectivity index (χ0n) is 15.7. The summed E-state index contributed by atoms with van der Waals surface area (Å²) in [5, 5.41) is 2.89. The molecule has 0 saturated heterocycles. The molecule has 0 unspecified atom stereocenters. The Balaban J connectivity index is 1.36. The Bertz CT molecular complexity index is 1200. The van der Waals surface area contributed by atoms with E-state index in [9.17, 15) is 9.18 Å².